The van der Waals surface area contributed by atoms with E-state index in [2.05, 4.69) is 33.7 Å². The van der Waals surface area contributed by atoms with Crippen molar-refractivity contribution < 1.29 is 9.59 Å². The van der Waals surface area contributed by atoms with Crippen LogP contribution in [0.25, 0.3) is 10.2 Å². The average Bonchev–Trinajstić information content (AvgIpc) is 3.36. The SMILES string of the molecule is Cc1c(C(=O)N2CCC(C(N)=O)CC2)sc2ncnc(NC(C)c3cccs3)c12. The zero-order chi connectivity index (χ0) is 20.5. The van der Waals surface area contributed by atoms with Gasteiger partial charge >= 0.3 is 0 Å². The lowest BCUT2D eigenvalue weighted by Crippen LogP contribution is -2.41. The fourth-order valence-electron chi connectivity index (χ4n) is 3.71. The predicted octanol–water partition coefficient (Wildman–Crippen LogP) is 3.57. The maximum absolute atomic E-state index is 13.1. The minimum atomic E-state index is -0.277. The zero-order valence-corrected chi connectivity index (χ0v) is 18.0. The molecule has 0 saturated carbocycles. The number of nitrogens with one attached hydrogen (secondary N) is 1. The first kappa shape index (κ1) is 19.8. The van der Waals surface area contributed by atoms with Crippen molar-refractivity contribution in [1.82, 2.24) is 14.9 Å². The number of rotatable bonds is 5. The number of piperidine rings is 1. The molecule has 3 aromatic heterocycles. The first-order valence-electron chi connectivity index (χ1n) is 9.58. The number of carbonyl (C=O) groups is 2. The van der Waals surface area contributed by atoms with Gasteiger partial charge in [0.1, 0.15) is 17.0 Å². The molecule has 1 aliphatic heterocycles. The van der Waals surface area contributed by atoms with Crippen LogP contribution in [0.5, 0.6) is 0 Å². The lowest BCUT2D eigenvalue weighted by Gasteiger charge is -2.30. The first-order valence-corrected chi connectivity index (χ1v) is 11.3. The smallest absolute Gasteiger partial charge is 0.264 e. The van der Waals surface area contributed by atoms with Crippen molar-refractivity contribution in [2.24, 2.45) is 11.7 Å². The van der Waals surface area contributed by atoms with Crippen LogP contribution >= 0.6 is 22.7 Å². The van der Waals surface area contributed by atoms with E-state index < -0.39 is 0 Å². The van der Waals surface area contributed by atoms with Crippen molar-refractivity contribution in [2.45, 2.75) is 32.7 Å². The lowest BCUT2D eigenvalue weighted by molar-refractivity contribution is -0.123. The number of thiophene rings is 2. The van der Waals surface area contributed by atoms with Gasteiger partial charge in [-0.2, -0.15) is 0 Å². The Bertz CT molecular complexity index is 1040. The number of primary amides is 1. The molecule has 0 aromatic carbocycles. The van der Waals surface area contributed by atoms with Crippen LogP contribution in [0.15, 0.2) is 23.8 Å². The number of nitrogens with two attached hydrogens (primary N) is 1. The average molecular weight is 430 g/mol. The molecule has 4 heterocycles. The Morgan fingerprint density at radius 3 is 2.72 bits per heavy atom. The van der Waals surface area contributed by atoms with E-state index in [1.807, 2.05) is 17.9 Å². The molecule has 0 spiro atoms. The van der Waals surface area contributed by atoms with Gasteiger partial charge in [0, 0.05) is 23.9 Å². The summed E-state index contributed by atoms with van der Waals surface area (Å²) in [6.07, 6.45) is 2.78. The second-order valence-electron chi connectivity index (χ2n) is 7.31. The van der Waals surface area contributed by atoms with Gasteiger partial charge < -0.3 is 16.0 Å². The van der Waals surface area contributed by atoms with Gasteiger partial charge in [-0.3, -0.25) is 9.59 Å². The summed E-state index contributed by atoms with van der Waals surface area (Å²) in [5.41, 5.74) is 6.30. The van der Waals surface area contributed by atoms with Crippen LogP contribution in [0.4, 0.5) is 5.82 Å². The highest BCUT2D eigenvalue weighted by molar-refractivity contribution is 7.20. The monoisotopic (exact) mass is 429 g/mol. The Morgan fingerprint density at radius 2 is 2.07 bits per heavy atom. The molecular formula is C20H23N5O2S2. The van der Waals surface area contributed by atoms with Gasteiger partial charge in [0.2, 0.25) is 5.91 Å². The number of likely N-dealkylation sites (tertiary alicyclic amines) is 1. The Labute approximate surface area is 177 Å². The number of fused-ring (bicyclic) bond motifs is 1. The van der Waals surface area contributed by atoms with E-state index in [1.54, 1.807) is 11.3 Å². The molecule has 3 N–H and O–H groups in total. The van der Waals surface area contributed by atoms with Crippen molar-refractivity contribution in [3.63, 3.8) is 0 Å². The summed E-state index contributed by atoms with van der Waals surface area (Å²) in [4.78, 5) is 37.9. The van der Waals surface area contributed by atoms with Crippen molar-refractivity contribution in [3.05, 3.63) is 39.2 Å². The summed E-state index contributed by atoms with van der Waals surface area (Å²) in [6, 6.07) is 4.23. The minimum Gasteiger partial charge on any atom is -0.369 e. The van der Waals surface area contributed by atoms with Gasteiger partial charge in [0.25, 0.3) is 5.91 Å². The number of hydrogen-bond acceptors (Lipinski definition) is 7. The van der Waals surface area contributed by atoms with Gasteiger partial charge in [0.05, 0.1) is 16.3 Å². The topological polar surface area (TPSA) is 101 Å². The van der Waals surface area contributed by atoms with Crippen LogP contribution < -0.4 is 11.1 Å². The van der Waals surface area contributed by atoms with Crippen LogP contribution in [0, 0.1) is 12.8 Å². The predicted molar refractivity (Wildman–Crippen MR) is 116 cm³/mol. The third-order valence-electron chi connectivity index (χ3n) is 5.43. The molecular weight excluding hydrogens is 406 g/mol. The Morgan fingerprint density at radius 1 is 1.31 bits per heavy atom. The zero-order valence-electron chi connectivity index (χ0n) is 16.3. The quantitative estimate of drug-likeness (QED) is 0.646. The van der Waals surface area contributed by atoms with E-state index in [1.165, 1.54) is 22.5 Å². The summed E-state index contributed by atoms with van der Waals surface area (Å²) in [5.74, 6) is 0.325. The van der Waals surface area contributed by atoms with Gasteiger partial charge in [-0.25, -0.2) is 9.97 Å². The maximum atomic E-state index is 13.1. The molecule has 0 bridgehead atoms. The van der Waals surface area contributed by atoms with Crippen molar-refractivity contribution in [2.75, 3.05) is 18.4 Å². The largest absolute Gasteiger partial charge is 0.369 e. The molecule has 152 valence electrons. The molecule has 29 heavy (non-hydrogen) atoms. The fraction of sp³-hybridized carbons (Fsp3) is 0.400. The lowest BCUT2D eigenvalue weighted by atomic mass is 9.96. The van der Waals surface area contributed by atoms with E-state index in [0.717, 1.165) is 21.6 Å². The number of nitrogens with zero attached hydrogens (tertiary/aromatic N) is 3. The number of hydrogen-bond donors (Lipinski definition) is 2. The van der Waals surface area contributed by atoms with Gasteiger partial charge in [-0.1, -0.05) is 6.07 Å². The Balaban J connectivity index is 1.59. The molecule has 0 aliphatic carbocycles. The highest BCUT2D eigenvalue weighted by atomic mass is 32.1. The summed E-state index contributed by atoms with van der Waals surface area (Å²) in [7, 11) is 0. The van der Waals surface area contributed by atoms with Crippen LogP contribution in [-0.2, 0) is 4.79 Å². The molecule has 3 aromatic rings. The molecule has 4 rings (SSSR count). The van der Waals surface area contributed by atoms with E-state index >= 15 is 0 Å². The molecule has 9 heteroatoms. The second-order valence-corrected chi connectivity index (χ2v) is 9.29. The summed E-state index contributed by atoms with van der Waals surface area (Å²) >= 11 is 3.09. The normalized spacial score (nSPS) is 16.1. The van der Waals surface area contributed by atoms with Crippen LogP contribution in [0.3, 0.4) is 0 Å². The fourth-order valence-corrected chi connectivity index (χ4v) is 5.56. The molecule has 1 atom stereocenters. The number of amides is 2. The molecule has 1 saturated heterocycles. The third-order valence-corrected chi connectivity index (χ3v) is 7.67. The highest BCUT2D eigenvalue weighted by Crippen LogP contribution is 2.36. The molecule has 7 nitrogen and oxygen atoms in total. The third kappa shape index (κ3) is 3.84. The molecule has 0 radical (unpaired) electrons. The Kier molecular flexibility index (Phi) is 5.51. The second kappa shape index (κ2) is 8.08. The van der Waals surface area contributed by atoms with E-state index in [0.29, 0.717) is 30.8 Å². The molecule has 1 unspecified atom stereocenters. The first-order chi connectivity index (χ1) is 14.0. The minimum absolute atomic E-state index is 0.00863. The standard InChI is InChI=1S/C20H23N5O2S2/c1-11-15-18(24-12(2)14-4-3-9-28-14)22-10-23-19(15)29-16(11)20(27)25-7-5-13(6-8-25)17(21)26/h3-4,9-10,12-13H,5-8H2,1-2H3,(H2,21,26)(H,22,23,24). The molecule has 2 amide bonds. The Hall–Kier alpha value is -2.52. The van der Waals surface area contributed by atoms with Gasteiger partial charge in [-0.15, -0.1) is 22.7 Å². The van der Waals surface area contributed by atoms with E-state index in [9.17, 15) is 9.59 Å². The summed E-state index contributed by atoms with van der Waals surface area (Å²) in [6.45, 7) is 5.14. The number of aryl methyl sites for hydroxylation is 1. The highest BCUT2D eigenvalue weighted by Gasteiger charge is 2.29. The van der Waals surface area contributed by atoms with Crippen LogP contribution in [-0.4, -0.2) is 39.8 Å². The number of aromatic nitrogens is 2. The van der Waals surface area contributed by atoms with E-state index in [-0.39, 0.29) is 23.8 Å². The van der Waals surface area contributed by atoms with E-state index in [4.69, 9.17) is 5.73 Å². The van der Waals surface area contributed by atoms with Gasteiger partial charge in [-0.05, 0) is 43.7 Å². The van der Waals surface area contributed by atoms with Crippen molar-refractivity contribution in [1.29, 1.82) is 0 Å². The van der Waals surface area contributed by atoms with Crippen molar-refractivity contribution in [3.8, 4) is 0 Å². The summed E-state index contributed by atoms with van der Waals surface area (Å²) < 4.78 is 0. The molecule has 1 fully saturated rings. The molecule has 1 aliphatic rings. The van der Waals surface area contributed by atoms with Gasteiger partial charge in [0.15, 0.2) is 0 Å². The van der Waals surface area contributed by atoms with Crippen LogP contribution in [0.1, 0.15) is 45.9 Å². The van der Waals surface area contributed by atoms with Crippen molar-refractivity contribution >= 4 is 50.5 Å². The number of carbonyl (C=O) groups excluding carboxylic acids is 2. The number of anilines is 1. The maximum Gasteiger partial charge on any atom is 0.264 e. The summed E-state index contributed by atoms with van der Waals surface area (Å²) in [5, 5.41) is 6.42. The van der Waals surface area contributed by atoms with Crippen LogP contribution in [0.2, 0.25) is 0 Å².